The van der Waals surface area contributed by atoms with E-state index in [1.807, 2.05) is 10.6 Å². The predicted molar refractivity (Wildman–Crippen MR) is 92.9 cm³/mol. The number of fused-ring (bicyclic) bond motifs is 1. The van der Waals surface area contributed by atoms with Crippen molar-refractivity contribution in [1.82, 2.24) is 19.8 Å². The molecule has 134 valence electrons. The molecule has 3 aliphatic rings. The minimum absolute atomic E-state index is 0.375. The first kappa shape index (κ1) is 15.5. The zero-order valence-electron chi connectivity index (χ0n) is 14.5. The van der Waals surface area contributed by atoms with Crippen molar-refractivity contribution in [2.75, 3.05) is 31.2 Å². The van der Waals surface area contributed by atoms with Crippen molar-refractivity contribution in [2.45, 2.75) is 56.7 Å². The maximum Gasteiger partial charge on any atom is 0.178 e. The smallest absolute Gasteiger partial charge is 0.178 e. The lowest BCUT2D eigenvalue weighted by atomic mass is 10.1. The third kappa shape index (κ3) is 3.22. The Morgan fingerprint density at radius 3 is 2.44 bits per heavy atom. The molecule has 7 heteroatoms. The van der Waals surface area contributed by atoms with Crippen molar-refractivity contribution >= 4 is 11.5 Å². The molecule has 4 heterocycles. The van der Waals surface area contributed by atoms with Gasteiger partial charge in [-0.3, -0.25) is 0 Å². The molecule has 3 fully saturated rings. The highest BCUT2D eigenvalue weighted by molar-refractivity contribution is 5.46. The van der Waals surface area contributed by atoms with E-state index in [9.17, 15) is 0 Å². The molecule has 0 amide bonds. The van der Waals surface area contributed by atoms with Gasteiger partial charge >= 0.3 is 0 Å². The first-order valence-corrected chi connectivity index (χ1v) is 9.57. The van der Waals surface area contributed by atoms with Crippen LogP contribution < -0.4 is 4.90 Å². The topological polar surface area (TPSA) is 64.8 Å². The van der Waals surface area contributed by atoms with Crippen LogP contribution in [0, 0.1) is 0 Å². The van der Waals surface area contributed by atoms with Crippen molar-refractivity contribution < 1.29 is 9.47 Å². The van der Waals surface area contributed by atoms with Gasteiger partial charge in [0.05, 0.1) is 12.2 Å². The average Bonchev–Trinajstić information content (AvgIpc) is 3.42. The molecule has 25 heavy (non-hydrogen) atoms. The Morgan fingerprint density at radius 1 is 0.920 bits per heavy atom. The van der Waals surface area contributed by atoms with Crippen LogP contribution in [0.25, 0.3) is 5.65 Å². The molecule has 0 radical (unpaired) electrons. The summed E-state index contributed by atoms with van der Waals surface area (Å²) in [5.74, 6) is 2.60. The Hall–Kier alpha value is -1.73. The second-order valence-corrected chi connectivity index (χ2v) is 7.43. The zero-order chi connectivity index (χ0) is 16.6. The lowest BCUT2D eigenvalue weighted by Gasteiger charge is -2.35. The highest BCUT2D eigenvalue weighted by atomic mass is 16.5. The molecule has 7 nitrogen and oxygen atoms in total. The highest BCUT2D eigenvalue weighted by Gasteiger charge is 2.30. The van der Waals surface area contributed by atoms with Crippen molar-refractivity contribution in [3.63, 3.8) is 0 Å². The van der Waals surface area contributed by atoms with Gasteiger partial charge in [-0.05, 0) is 50.7 Å². The summed E-state index contributed by atoms with van der Waals surface area (Å²) >= 11 is 0. The summed E-state index contributed by atoms with van der Waals surface area (Å²) in [4.78, 5) is 2.36. The first-order chi connectivity index (χ1) is 12.4. The van der Waals surface area contributed by atoms with E-state index in [4.69, 9.17) is 14.6 Å². The largest absolute Gasteiger partial charge is 0.381 e. The first-order valence-electron chi connectivity index (χ1n) is 9.57. The van der Waals surface area contributed by atoms with Gasteiger partial charge in [0, 0.05) is 32.2 Å². The van der Waals surface area contributed by atoms with Gasteiger partial charge in [0.1, 0.15) is 5.82 Å². The molecule has 2 aliphatic heterocycles. The van der Waals surface area contributed by atoms with Gasteiger partial charge < -0.3 is 14.4 Å². The number of hydrogen-bond donors (Lipinski definition) is 0. The summed E-state index contributed by atoms with van der Waals surface area (Å²) < 4.78 is 13.6. The maximum absolute atomic E-state index is 6.28. The fraction of sp³-hybridized carbons (Fsp3) is 0.722. The van der Waals surface area contributed by atoms with E-state index < -0.39 is 0 Å². The van der Waals surface area contributed by atoms with Crippen LogP contribution in [-0.4, -0.2) is 58.3 Å². The zero-order valence-corrected chi connectivity index (χ0v) is 14.5. The number of hydrogen-bond acceptors (Lipinski definition) is 6. The van der Waals surface area contributed by atoms with Crippen LogP contribution in [0.3, 0.4) is 0 Å². The number of ether oxygens (including phenoxy) is 2. The number of rotatable bonds is 4. The van der Waals surface area contributed by atoms with Gasteiger partial charge in [-0.15, -0.1) is 15.3 Å². The Bertz CT molecular complexity index is 730. The molecule has 0 bridgehead atoms. The molecule has 0 N–H and O–H groups in total. The Labute approximate surface area is 147 Å². The third-order valence-electron chi connectivity index (χ3n) is 5.53. The van der Waals surface area contributed by atoms with E-state index in [0.29, 0.717) is 18.1 Å². The molecule has 2 aromatic rings. The average molecular weight is 343 g/mol. The van der Waals surface area contributed by atoms with Crippen molar-refractivity contribution in [1.29, 1.82) is 0 Å². The summed E-state index contributed by atoms with van der Waals surface area (Å²) in [6, 6.07) is 4.10. The van der Waals surface area contributed by atoms with Crippen LogP contribution in [0.2, 0.25) is 0 Å². The number of piperidine rings is 1. The van der Waals surface area contributed by atoms with Gasteiger partial charge in [0.15, 0.2) is 11.5 Å². The van der Waals surface area contributed by atoms with Gasteiger partial charge in [-0.2, -0.15) is 4.52 Å². The van der Waals surface area contributed by atoms with Crippen molar-refractivity contribution in [3.05, 3.63) is 18.0 Å². The summed E-state index contributed by atoms with van der Waals surface area (Å²) in [5.41, 5.74) is 0.850. The molecule has 0 atom stereocenters. The molecule has 0 aromatic carbocycles. The van der Waals surface area contributed by atoms with Gasteiger partial charge in [0.25, 0.3) is 0 Å². The summed E-state index contributed by atoms with van der Waals surface area (Å²) in [7, 11) is 0. The van der Waals surface area contributed by atoms with Crippen LogP contribution in [0.5, 0.6) is 0 Å². The Kier molecular flexibility index (Phi) is 4.06. The van der Waals surface area contributed by atoms with E-state index in [0.717, 1.165) is 69.3 Å². The molecule has 0 spiro atoms. The molecule has 5 rings (SSSR count). The third-order valence-corrected chi connectivity index (χ3v) is 5.53. The van der Waals surface area contributed by atoms with E-state index in [1.54, 1.807) is 0 Å². The molecular weight excluding hydrogens is 318 g/mol. The van der Waals surface area contributed by atoms with Crippen molar-refractivity contribution in [2.24, 2.45) is 0 Å². The summed E-state index contributed by atoms with van der Waals surface area (Å²) in [5, 5.41) is 13.4. The molecule has 1 aliphatic carbocycles. The normalized spacial score (nSPS) is 23.4. The van der Waals surface area contributed by atoms with Gasteiger partial charge in [-0.25, -0.2) is 0 Å². The highest BCUT2D eigenvalue weighted by Crippen LogP contribution is 2.38. The van der Waals surface area contributed by atoms with E-state index in [2.05, 4.69) is 21.2 Å². The number of anilines is 1. The monoisotopic (exact) mass is 343 g/mol. The van der Waals surface area contributed by atoms with Crippen molar-refractivity contribution in [3.8, 4) is 0 Å². The lowest BCUT2D eigenvalue weighted by Crippen LogP contribution is -2.40. The van der Waals surface area contributed by atoms with Crippen LogP contribution in [0.1, 0.15) is 50.3 Å². The van der Waals surface area contributed by atoms with Crippen LogP contribution >= 0.6 is 0 Å². The van der Waals surface area contributed by atoms with Gasteiger partial charge in [0.2, 0.25) is 0 Å². The fourth-order valence-corrected chi connectivity index (χ4v) is 3.87. The van der Waals surface area contributed by atoms with E-state index in [-0.39, 0.29) is 0 Å². The number of aromatic nitrogens is 4. The van der Waals surface area contributed by atoms with Crippen LogP contribution in [0.15, 0.2) is 12.1 Å². The lowest BCUT2D eigenvalue weighted by molar-refractivity contribution is -0.0744. The van der Waals surface area contributed by atoms with E-state index >= 15 is 0 Å². The molecule has 2 saturated heterocycles. The molecule has 0 unspecified atom stereocenters. The second-order valence-electron chi connectivity index (χ2n) is 7.43. The molecule has 1 saturated carbocycles. The van der Waals surface area contributed by atoms with Crippen LogP contribution in [0.4, 0.5) is 5.82 Å². The molecule has 2 aromatic heterocycles. The second kappa shape index (κ2) is 6.53. The SMILES string of the molecule is c1cc2nnc(C3CC3)n2nc1N1CCC(OC2CCOCC2)CC1. The maximum atomic E-state index is 6.28. The standard InChI is InChI=1S/C18H25N5O2/c1-2-13(1)18-20-19-16-3-4-17(21-23(16)18)22-9-5-14(6-10-22)25-15-7-11-24-12-8-15/h3-4,13-15H,1-2,5-12H2. The van der Waals surface area contributed by atoms with Gasteiger partial charge in [-0.1, -0.05) is 0 Å². The quantitative estimate of drug-likeness (QED) is 0.848. The summed E-state index contributed by atoms with van der Waals surface area (Å²) in [6.45, 7) is 3.67. The fourth-order valence-electron chi connectivity index (χ4n) is 3.87. The Balaban J connectivity index is 1.24. The van der Waals surface area contributed by atoms with E-state index in [1.165, 1.54) is 12.8 Å². The number of nitrogens with zero attached hydrogens (tertiary/aromatic N) is 5. The minimum Gasteiger partial charge on any atom is -0.381 e. The predicted octanol–water partition coefficient (Wildman–Crippen LogP) is 2.17. The minimum atomic E-state index is 0.375. The Morgan fingerprint density at radius 2 is 1.68 bits per heavy atom. The summed E-state index contributed by atoms with van der Waals surface area (Å²) in [6.07, 6.45) is 7.39. The van der Waals surface area contributed by atoms with Crippen LogP contribution in [-0.2, 0) is 9.47 Å². The molecular formula is C18H25N5O2.